The first-order chi connectivity index (χ1) is 21.2. The largest absolute Gasteiger partial charge is 0.379 e. The lowest BCUT2D eigenvalue weighted by atomic mass is 10.0. The van der Waals surface area contributed by atoms with Gasteiger partial charge in [-0.3, -0.25) is 0 Å². The van der Waals surface area contributed by atoms with Crippen LogP contribution >= 0.6 is 0 Å². The van der Waals surface area contributed by atoms with E-state index in [0.717, 1.165) is 42.9 Å². The molecule has 3 aromatic carbocycles. The van der Waals surface area contributed by atoms with Gasteiger partial charge in [0.25, 0.3) is 0 Å². The Morgan fingerprint density at radius 3 is 1.16 bits per heavy atom. The molecule has 0 aliphatic heterocycles. The molecular formula is C36H50O6S2. The third-order valence-electron chi connectivity index (χ3n) is 7.78. The van der Waals surface area contributed by atoms with Gasteiger partial charge in [0.1, 0.15) is 21.3 Å². The topological polar surface area (TPSA) is 86.7 Å². The SMILES string of the molecule is CCCCCCCCCc1ccc(OS(=O)(=O)c2cccc(S(=O)(=O)Oc3ccc(CCCCCCCCC)cc3)c2)cc1. The molecule has 0 unspecified atom stereocenters. The maximum absolute atomic E-state index is 13.0. The Balaban J connectivity index is 1.52. The van der Waals surface area contributed by atoms with Gasteiger partial charge in [-0.15, -0.1) is 0 Å². The van der Waals surface area contributed by atoms with Crippen LogP contribution in [0.25, 0.3) is 0 Å². The minimum absolute atomic E-state index is 0.175. The van der Waals surface area contributed by atoms with E-state index in [1.54, 1.807) is 24.3 Å². The van der Waals surface area contributed by atoms with Gasteiger partial charge < -0.3 is 8.37 Å². The number of hydrogen-bond acceptors (Lipinski definition) is 6. The third-order valence-corrected chi connectivity index (χ3v) is 10.3. The van der Waals surface area contributed by atoms with Gasteiger partial charge in [0, 0.05) is 0 Å². The fraction of sp³-hybridized carbons (Fsp3) is 0.500. The molecule has 0 aliphatic carbocycles. The number of aryl methyl sites for hydroxylation is 2. The molecule has 3 aromatic rings. The molecule has 0 aliphatic rings. The number of rotatable bonds is 22. The molecule has 3 rings (SSSR count). The second-order valence-corrected chi connectivity index (χ2v) is 14.7. The molecule has 0 amide bonds. The Morgan fingerprint density at radius 2 is 0.795 bits per heavy atom. The Hall–Kier alpha value is -2.84. The summed E-state index contributed by atoms with van der Waals surface area (Å²) in [6, 6.07) is 19.1. The van der Waals surface area contributed by atoms with E-state index in [-0.39, 0.29) is 21.3 Å². The van der Waals surface area contributed by atoms with E-state index in [4.69, 9.17) is 8.37 Å². The fourth-order valence-corrected chi connectivity index (χ4v) is 7.16. The van der Waals surface area contributed by atoms with Crippen LogP contribution in [0.3, 0.4) is 0 Å². The van der Waals surface area contributed by atoms with Crippen molar-refractivity contribution in [1.82, 2.24) is 0 Å². The van der Waals surface area contributed by atoms with Crippen molar-refractivity contribution in [2.75, 3.05) is 0 Å². The zero-order valence-corrected chi connectivity index (χ0v) is 28.1. The smallest absolute Gasteiger partial charge is 0.339 e. The van der Waals surface area contributed by atoms with Crippen molar-refractivity contribution >= 4 is 20.2 Å². The molecule has 0 atom stereocenters. The highest BCUT2D eigenvalue weighted by atomic mass is 32.2. The lowest BCUT2D eigenvalue weighted by Gasteiger charge is -2.11. The molecule has 44 heavy (non-hydrogen) atoms. The van der Waals surface area contributed by atoms with Gasteiger partial charge >= 0.3 is 20.2 Å². The first-order valence-corrected chi connectivity index (χ1v) is 19.2. The van der Waals surface area contributed by atoms with E-state index in [1.165, 1.54) is 95.2 Å². The van der Waals surface area contributed by atoms with E-state index in [0.29, 0.717) is 0 Å². The monoisotopic (exact) mass is 642 g/mol. The van der Waals surface area contributed by atoms with Crippen LogP contribution in [0.4, 0.5) is 0 Å². The predicted molar refractivity (Wildman–Crippen MR) is 178 cm³/mol. The first kappa shape index (κ1) is 35.6. The standard InChI is InChI=1S/C36H50O6S2/c1-3-5-7-9-11-13-15-18-31-22-26-33(27-23-31)41-43(37,38)35-20-17-21-36(30-35)44(39,40)42-34-28-24-32(25-29-34)19-16-14-12-10-8-6-4-2/h17,20-30H,3-16,18-19H2,1-2H3. The summed E-state index contributed by atoms with van der Waals surface area (Å²) in [4.78, 5) is -0.529. The number of unbranched alkanes of at least 4 members (excludes halogenated alkanes) is 12. The lowest BCUT2D eigenvalue weighted by Crippen LogP contribution is -2.13. The van der Waals surface area contributed by atoms with Crippen LogP contribution < -0.4 is 8.37 Å². The minimum atomic E-state index is -4.26. The fourth-order valence-electron chi connectivity index (χ4n) is 5.13. The van der Waals surface area contributed by atoms with Crippen molar-refractivity contribution < 1.29 is 25.2 Å². The maximum Gasteiger partial charge on any atom is 0.339 e. The van der Waals surface area contributed by atoms with E-state index in [9.17, 15) is 16.8 Å². The van der Waals surface area contributed by atoms with Crippen molar-refractivity contribution in [2.24, 2.45) is 0 Å². The van der Waals surface area contributed by atoms with Gasteiger partial charge in [-0.25, -0.2) is 0 Å². The van der Waals surface area contributed by atoms with E-state index >= 15 is 0 Å². The predicted octanol–water partition coefficient (Wildman–Crippen LogP) is 9.81. The van der Waals surface area contributed by atoms with Crippen LogP contribution in [0.5, 0.6) is 11.5 Å². The molecule has 0 radical (unpaired) electrons. The molecule has 0 N–H and O–H groups in total. The Kier molecular flexibility index (Phi) is 15.3. The summed E-state index contributed by atoms with van der Waals surface area (Å²) < 4.78 is 62.6. The van der Waals surface area contributed by atoms with Crippen LogP contribution in [0.2, 0.25) is 0 Å². The second-order valence-electron chi connectivity index (χ2n) is 11.6. The van der Waals surface area contributed by atoms with Gasteiger partial charge in [-0.1, -0.05) is 121 Å². The molecular weight excluding hydrogens is 593 g/mol. The number of benzene rings is 3. The highest BCUT2D eigenvalue weighted by molar-refractivity contribution is 7.88. The summed E-state index contributed by atoms with van der Waals surface area (Å²) in [5.74, 6) is 0.351. The number of hydrogen-bond donors (Lipinski definition) is 0. The first-order valence-electron chi connectivity index (χ1n) is 16.4. The molecule has 0 bridgehead atoms. The molecule has 0 saturated heterocycles. The van der Waals surface area contributed by atoms with Crippen LogP contribution in [0.15, 0.2) is 82.6 Å². The molecule has 242 valence electrons. The molecule has 6 nitrogen and oxygen atoms in total. The van der Waals surface area contributed by atoms with Gasteiger partial charge in [0.15, 0.2) is 0 Å². The summed E-state index contributed by atoms with van der Waals surface area (Å²) in [5, 5.41) is 0. The van der Waals surface area contributed by atoms with Gasteiger partial charge in [0.05, 0.1) is 0 Å². The Morgan fingerprint density at radius 1 is 0.455 bits per heavy atom. The summed E-state index contributed by atoms with van der Waals surface area (Å²) in [6.07, 6.45) is 19.1. The molecule has 0 fully saturated rings. The van der Waals surface area contributed by atoms with Crippen LogP contribution in [0, 0.1) is 0 Å². The van der Waals surface area contributed by atoms with Crippen molar-refractivity contribution in [3.8, 4) is 11.5 Å². The molecule has 0 heterocycles. The quantitative estimate of drug-likeness (QED) is 0.0801. The van der Waals surface area contributed by atoms with Crippen molar-refractivity contribution in [2.45, 2.75) is 126 Å². The Bertz CT molecular complexity index is 1340. The van der Waals surface area contributed by atoms with Crippen molar-refractivity contribution in [3.63, 3.8) is 0 Å². The zero-order chi connectivity index (χ0) is 31.7. The third kappa shape index (κ3) is 12.6. The molecule has 0 spiro atoms. The van der Waals surface area contributed by atoms with E-state index in [1.807, 2.05) is 24.3 Å². The average Bonchev–Trinajstić information content (AvgIpc) is 3.01. The maximum atomic E-state index is 13.0. The van der Waals surface area contributed by atoms with Gasteiger partial charge in [0.2, 0.25) is 0 Å². The zero-order valence-electron chi connectivity index (χ0n) is 26.5. The van der Waals surface area contributed by atoms with Crippen LogP contribution in [-0.4, -0.2) is 16.8 Å². The van der Waals surface area contributed by atoms with Gasteiger partial charge in [-0.05, 0) is 79.3 Å². The average molecular weight is 643 g/mol. The summed E-state index contributed by atoms with van der Waals surface area (Å²) in [7, 11) is -8.52. The molecule has 8 heteroatoms. The summed E-state index contributed by atoms with van der Waals surface area (Å²) in [5.41, 5.74) is 2.25. The van der Waals surface area contributed by atoms with Crippen molar-refractivity contribution in [1.29, 1.82) is 0 Å². The highest BCUT2D eigenvalue weighted by Crippen LogP contribution is 2.25. The normalized spacial score (nSPS) is 11.9. The van der Waals surface area contributed by atoms with E-state index in [2.05, 4.69) is 13.8 Å². The second kappa shape index (κ2) is 18.8. The minimum Gasteiger partial charge on any atom is -0.379 e. The molecule has 0 saturated carbocycles. The van der Waals surface area contributed by atoms with Gasteiger partial charge in [-0.2, -0.15) is 16.8 Å². The van der Waals surface area contributed by atoms with Crippen LogP contribution in [0.1, 0.15) is 115 Å². The summed E-state index contributed by atoms with van der Waals surface area (Å²) in [6.45, 7) is 4.43. The highest BCUT2D eigenvalue weighted by Gasteiger charge is 2.23. The van der Waals surface area contributed by atoms with Crippen molar-refractivity contribution in [3.05, 3.63) is 83.9 Å². The van der Waals surface area contributed by atoms with Crippen LogP contribution in [-0.2, 0) is 33.1 Å². The lowest BCUT2D eigenvalue weighted by molar-refractivity contribution is 0.483. The summed E-state index contributed by atoms with van der Waals surface area (Å²) >= 11 is 0. The van der Waals surface area contributed by atoms with E-state index < -0.39 is 20.2 Å². The Labute approximate surface area is 266 Å². The molecule has 0 aromatic heterocycles.